The average molecular weight is 246 g/mol. The SMILES string of the molecule is CC(C)CC(CS)C(=O)NN1CCOCC1. The van der Waals surface area contributed by atoms with Crippen LogP contribution in [-0.4, -0.2) is 43.0 Å². The van der Waals surface area contributed by atoms with E-state index in [9.17, 15) is 4.79 Å². The second-order valence-electron chi connectivity index (χ2n) is 4.58. The van der Waals surface area contributed by atoms with Gasteiger partial charge in [0.05, 0.1) is 13.2 Å². The van der Waals surface area contributed by atoms with Gasteiger partial charge in [-0.25, -0.2) is 5.01 Å². The zero-order valence-electron chi connectivity index (χ0n) is 10.1. The van der Waals surface area contributed by atoms with Gasteiger partial charge in [0.1, 0.15) is 0 Å². The summed E-state index contributed by atoms with van der Waals surface area (Å²) in [4.78, 5) is 11.9. The van der Waals surface area contributed by atoms with E-state index in [0.29, 0.717) is 24.9 Å². The Bertz CT molecular complexity index is 218. The highest BCUT2D eigenvalue weighted by molar-refractivity contribution is 7.80. The molecule has 1 unspecified atom stereocenters. The monoisotopic (exact) mass is 246 g/mol. The smallest absolute Gasteiger partial charge is 0.238 e. The first kappa shape index (κ1) is 13.8. The molecule has 1 amide bonds. The fourth-order valence-electron chi connectivity index (χ4n) is 1.76. The molecule has 0 aromatic carbocycles. The number of nitrogens with one attached hydrogen (secondary N) is 1. The van der Waals surface area contributed by atoms with Gasteiger partial charge in [0.2, 0.25) is 5.91 Å². The van der Waals surface area contributed by atoms with Crippen molar-refractivity contribution < 1.29 is 9.53 Å². The Hall–Kier alpha value is -0.260. The Balaban J connectivity index is 2.35. The summed E-state index contributed by atoms with van der Waals surface area (Å²) in [5, 5.41) is 1.93. The Morgan fingerprint density at radius 1 is 1.44 bits per heavy atom. The topological polar surface area (TPSA) is 41.6 Å². The van der Waals surface area contributed by atoms with E-state index in [2.05, 4.69) is 31.9 Å². The van der Waals surface area contributed by atoms with Crippen LogP contribution in [0.5, 0.6) is 0 Å². The van der Waals surface area contributed by atoms with Gasteiger partial charge in [0.15, 0.2) is 0 Å². The summed E-state index contributed by atoms with van der Waals surface area (Å²) in [6.07, 6.45) is 0.889. The van der Waals surface area contributed by atoms with E-state index < -0.39 is 0 Å². The maximum absolute atomic E-state index is 11.9. The first-order valence-corrected chi connectivity index (χ1v) is 6.50. The highest BCUT2D eigenvalue weighted by Crippen LogP contribution is 2.13. The predicted molar refractivity (Wildman–Crippen MR) is 67.3 cm³/mol. The highest BCUT2D eigenvalue weighted by atomic mass is 32.1. The van der Waals surface area contributed by atoms with Crippen LogP contribution in [-0.2, 0) is 9.53 Å². The van der Waals surface area contributed by atoms with Crippen LogP contribution in [0.25, 0.3) is 0 Å². The number of amides is 1. The molecule has 1 N–H and O–H groups in total. The molecule has 0 bridgehead atoms. The number of morpholine rings is 1. The van der Waals surface area contributed by atoms with Crippen LogP contribution in [0.3, 0.4) is 0 Å². The zero-order chi connectivity index (χ0) is 12.0. The Morgan fingerprint density at radius 2 is 2.06 bits per heavy atom. The number of ether oxygens (including phenoxy) is 1. The van der Waals surface area contributed by atoms with E-state index in [1.165, 1.54) is 0 Å². The van der Waals surface area contributed by atoms with Gasteiger partial charge in [0.25, 0.3) is 0 Å². The molecule has 1 aliphatic rings. The lowest BCUT2D eigenvalue weighted by Crippen LogP contribution is -2.50. The molecule has 1 heterocycles. The van der Waals surface area contributed by atoms with Crippen molar-refractivity contribution in [1.29, 1.82) is 0 Å². The summed E-state index contributed by atoms with van der Waals surface area (Å²) in [5.74, 6) is 1.22. The molecule has 0 aromatic rings. The number of thiol groups is 1. The van der Waals surface area contributed by atoms with Gasteiger partial charge in [0, 0.05) is 24.8 Å². The molecule has 0 aromatic heterocycles. The lowest BCUT2D eigenvalue weighted by Gasteiger charge is -2.28. The van der Waals surface area contributed by atoms with Crippen molar-refractivity contribution in [2.24, 2.45) is 11.8 Å². The molecule has 94 valence electrons. The van der Waals surface area contributed by atoms with Crippen molar-refractivity contribution in [3.63, 3.8) is 0 Å². The highest BCUT2D eigenvalue weighted by Gasteiger charge is 2.21. The number of carbonyl (C=O) groups excluding carboxylic acids is 1. The van der Waals surface area contributed by atoms with E-state index >= 15 is 0 Å². The summed E-state index contributed by atoms with van der Waals surface area (Å²) in [5.41, 5.74) is 2.94. The third kappa shape index (κ3) is 4.72. The van der Waals surface area contributed by atoms with Gasteiger partial charge in [-0.3, -0.25) is 10.2 Å². The Labute approximate surface area is 103 Å². The summed E-state index contributed by atoms with van der Waals surface area (Å²) < 4.78 is 5.22. The van der Waals surface area contributed by atoms with E-state index in [-0.39, 0.29) is 11.8 Å². The second kappa shape index (κ2) is 7.14. The maximum Gasteiger partial charge on any atom is 0.238 e. The van der Waals surface area contributed by atoms with Crippen molar-refractivity contribution >= 4 is 18.5 Å². The third-order valence-electron chi connectivity index (χ3n) is 2.63. The number of rotatable bonds is 5. The molecule has 4 nitrogen and oxygen atoms in total. The van der Waals surface area contributed by atoms with Crippen LogP contribution in [0.2, 0.25) is 0 Å². The van der Waals surface area contributed by atoms with E-state index in [1.54, 1.807) is 0 Å². The second-order valence-corrected chi connectivity index (χ2v) is 4.95. The van der Waals surface area contributed by atoms with Crippen molar-refractivity contribution in [1.82, 2.24) is 10.4 Å². The molecule has 1 rings (SSSR count). The van der Waals surface area contributed by atoms with Crippen LogP contribution >= 0.6 is 12.6 Å². The normalized spacial score (nSPS) is 19.8. The summed E-state index contributed by atoms with van der Waals surface area (Å²) >= 11 is 4.24. The molecule has 1 aliphatic heterocycles. The molecule has 16 heavy (non-hydrogen) atoms. The average Bonchev–Trinajstić information content (AvgIpc) is 2.26. The fraction of sp³-hybridized carbons (Fsp3) is 0.909. The van der Waals surface area contributed by atoms with Crippen molar-refractivity contribution in [2.75, 3.05) is 32.1 Å². The fourth-order valence-corrected chi connectivity index (χ4v) is 2.07. The van der Waals surface area contributed by atoms with E-state index in [1.807, 2.05) is 5.01 Å². The van der Waals surface area contributed by atoms with Crippen molar-refractivity contribution in [2.45, 2.75) is 20.3 Å². The number of carbonyl (C=O) groups is 1. The van der Waals surface area contributed by atoms with Crippen LogP contribution in [0.1, 0.15) is 20.3 Å². The summed E-state index contributed by atoms with van der Waals surface area (Å²) in [7, 11) is 0. The molecule has 1 fully saturated rings. The lowest BCUT2D eigenvalue weighted by molar-refractivity contribution is -0.131. The van der Waals surface area contributed by atoms with E-state index in [4.69, 9.17) is 4.74 Å². The largest absolute Gasteiger partial charge is 0.379 e. The molecular formula is C11H22N2O2S. The number of hydrogen-bond donors (Lipinski definition) is 2. The molecule has 1 saturated heterocycles. The first-order valence-electron chi connectivity index (χ1n) is 5.87. The quantitative estimate of drug-likeness (QED) is 0.710. The third-order valence-corrected chi connectivity index (χ3v) is 3.07. The molecule has 1 atom stereocenters. The Morgan fingerprint density at radius 3 is 2.56 bits per heavy atom. The van der Waals surface area contributed by atoms with Gasteiger partial charge in [-0.15, -0.1) is 0 Å². The molecule has 0 aliphatic carbocycles. The van der Waals surface area contributed by atoms with Crippen LogP contribution in [0.15, 0.2) is 0 Å². The summed E-state index contributed by atoms with van der Waals surface area (Å²) in [6, 6.07) is 0. The maximum atomic E-state index is 11.9. The first-order chi connectivity index (χ1) is 7.63. The predicted octanol–water partition coefficient (Wildman–Crippen LogP) is 0.942. The van der Waals surface area contributed by atoms with Crippen molar-refractivity contribution in [3.05, 3.63) is 0 Å². The van der Waals surface area contributed by atoms with Gasteiger partial charge < -0.3 is 4.74 Å². The van der Waals surface area contributed by atoms with Crippen LogP contribution in [0.4, 0.5) is 0 Å². The van der Waals surface area contributed by atoms with Gasteiger partial charge >= 0.3 is 0 Å². The number of hydrogen-bond acceptors (Lipinski definition) is 4. The van der Waals surface area contributed by atoms with Crippen LogP contribution in [0, 0.1) is 11.8 Å². The molecule has 5 heteroatoms. The minimum Gasteiger partial charge on any atom is -0.379 e. The lowest BCUT2D eigenvalue weighted by atomic mass is 9.98. The minimum absolute atomic E-state index is 0.00572. The Kier molecular flexibility index (Phi) is 6.16. The van der Waals surface area contributed by atoms with Crippen molar-refractivity contribution in [3.8, 4) is 0 Å². The molecule has 0 radical (unpaired) electrons. The van der Waals surface area contributed by atoms with Crippen LogP contribution < -0.4 is 5.43 Å². The number of hydrazine groups is 1. The summed E-state index contributed by atoms with van der Waals surface area (Å²) in [6.45, 7) is 7.17. The van der Waals surface area contributed by atoms with E-state index in [0.717, 1.165) is 19.5 Å². The zero-order valence-corrected chi connectivity index (χ0v) is 11.0. The standard InChI is InChI=1S/C11H22N2O2S/c1-9(2)7-10(8-16)11(14)12-13-3-5-15-6-4-13/h9-10,16H,3-8H2,1-2H3,(H,12,14). The van der Waals surface area contributed by atoms with Gasteiger partial charge in [-0.2, -0.15) is 12.6 Å². The van der Waals surface area contributed by atoms with Gasteiger partial charge in [-0.05, 0) is 12.3 Å². The molecule has 0 saturated carbocycles. The number of nitrogens with zero attached hydrogens (tertiary/aromatic N) is 1. The molecular weight excluding hydrogens is 224 g/mol. The van der Waals surface area contributed by atoms with Gasteiger partial charge in [-0.1, -0.05) is 13.8 Å². The minimum atomic E-state index is 0.00572. The molecule has 0 spiro atoms.